The predicted molar refractivity (Wildman–Crippen MR) is 72.8 cm³/mol. The van der Waals surface area contributed by atoms with E-state index in [9.17, 15) is 0 Å². The maximum Gasteiger partial charge on any atom is 0.133 e. The fraction of sp³-hybridized carbons (Fsp3) is 0.250. The molecule has 0 unspecified atom stereocenters. The Bertz CT molecular complexity index is 644. The van der Waals surface area contributed by atoms with Crippen LogP contribution in [-0.4, -0.2) is 14.2 Å². The average molecular weight is 254 g/mol. The monoisotopic (exact) mass is 254 g/mol. The van der Waals surface area contributed by atoms with Crippen molar-refractivity contribution in [2.24, 2.45) is 0 Å². The van der Waals surface area contributed by atoms with Gasteiger partial charge in [-0.3, -0.25) is 0 Å². The van der Waals surface area contributed by atoms with Gasteiger partial charge in [-0.15, -0.1) is 0 Å². The van der Waals surface area contributed by atoms with E-state index in [1.807, 2.05) is 12.1 Å². The minimum Gasteiger partial charge on any atom is -0.496 e. The van der Waals surface area contributed by atoms with Crippen LogP contribution in [0.2, 0.25) is 0 Å². The highest BCUT2D eigenvalue weighted by atomic mass is 16.5. The van der Waals surface area contributed by atoms with Gasteiger partial charge in [-0.25, -0.2) is 0 Å². The normalized spacial score (nSPS) is 22.8. The molecule has 2 aliphatic heterocycles. The first-order valence-electron chi connectivity index (χ1n) is 6.35. The fourth-order valence-electron chi connectivity index (χ4n) is 3.20. The van der Waals surface area contributed by atoms with Gasteiger partial charge in [-0.1, -0.05) is 36.4 Å². The molecule has 19 heavy (non-hydrogen) atoms. The third-order valence-corrected chi connectivity index (χ3v) is 3.93. The molecular weight excluding hydrogens is 240 g/mol. The molecular formula is C16H14O3. The Morgan fingerprint density at radius 2 is 1.32 bits per heavy atom. The summed E-state index contributed by atoms with van der Waals surface area (Å²) in [5.74, 6) is 1.81. The van der Waals surface area contributed by atoms with Crippen LogP contribution in [0, 0.1) is 0 Å². The zero-order valence-corrected chi connectivity index (χ0v) is 10.8. The number of benzene rings is 2. The molecule has 0 aliphatic carbocycles. The van der Waals surface area contributed by atoms with E-state index in [-0.39, 0.29) is 12.2 Å². The van der Waals surface area contributed by atoms with E-state index in [1.165, 1.54) is 0 Å². The van der Waals surface area contributed by atoms with Gasteiger partial charge in [-0.2, -0.15) is 0 Å². The highest BCUT2D eigenvalue weighted by Gasteiger charge is 2.40. The Labute approximate surface area is 111 Å². The molecule has 2 aromatic carbocycles. The molecule has 0 amide bonds. The smallest absolute Gasteiger partial charge is 0.133 e. The summed E-state index contributed by atoms with van der Waals surface area (Å²) in [6.45, 7) is 0. The summed E-state index contributed by atoms with van der Waals surface area (Å²) < 4.78 is 17.2. The predicted octanol–water partition coefficient (Wildman–Crippen LogP) is 3.54. The second kappa shape index (κ2) is 3.75. The Kier molecular flexibility index (Phi) is 2.15. The zero-order valence-electron chi connectivity index (χ0n) is 10.8. The molecule has 0 radical (unpaired) electrons. The molecule has 4 rings (SSSR count). The third-order valence-electron chi connectivity index (χ3n) is 3.93. The van der Waals surface area contributed by atoms with Gasteiger partial charge in [-0.05, 0) is 0 Å². The summed E-state index contributed by atoms with van der Waals surface area (Å²) >= 11 is 0. The molecule has 0 fully saturated rings. The number of hydrogen-bond donors (Lipinski definition) is 0. The molecule has 96 valence electrons. The lowest BCUT2D eigenvalue weighted by Gasteiger charge is -2.19. The van der Waals surface area contributed by atoms with Crippen molar-refractivity contribution in [1.29, 1.82) is 0 Å². The van der Waals surface area contributed by atoms with E-state index in [0.717, 1.165) is 33.4 Å². The van der Waals surface area contributed by atoms with Crippen LogP contribution in [0.3, 0.4) is 0 Å². The maximum atomic E-state index is 5.93. The van der Waals surface area contributed by atoms with Gasteiger partial charge in [0.1, 0.15) is 23.7 Å². The quantitative estimate of drug-likeness (QED) is 0.767. The van der Waals surface area contributed by atoms with Gasteiger partial charge in [0.2, 0.25) is 0 Å². The second-order valence-electron chi connectivity index (χ2n) is 4.80. The van der Waals surface area contributed by atoms with Crippen molar-refractivity contribution in [3.63, 3.8) is 0 Å². The lowest BCUT2D eigenvalue weighted by Crippen LogP contribution is -2.02. The van der Waals surface area contributed by atoms with Crippen LogP contribution in [-0.2, 0) is 4.74 Å². The van der Waals surface area contributed by atoms with Crippen LogP contribution >= 0.6 is 0 Å². The summed E-state index contributed by atoms with van der Waals surface area (Å²) in [7, 11) is 3.43. The van der Waals surface area contributed by atoms with Gasteiger partial charge in [0.25, 0.3) is 0 Å². The SMILES string of the molecule is COc1c2c(c(OC)c3ccccc13)[C@H]1C=C[C@@H]2O1. The summed E-state index contributed by atoms with van der Waals surface area (Å²) in [6.07, 6.45) is 4.16. The van der Waals surface area contributed by atoms with Crippen molar-refractivity contribution in [2.45, 2.75) is 12.2 Å². The van der Waals surface area contributed by atoms with Gasteiger partial charge < -0.3 is 14.2 Å². The first-order chi connectivity index (χ1) is 9.35. The highest BCUT2D eigenvalue weighted by molar-refractivity contribution is 5.97. The zero-order chi connectivity index (χ0) is 13.0. The van der Waals surface area contributed by atoms with E-state index in [1.54, 1.807) is 14.2 Å². The number of fused-ring (bicyclic) bond motifs is 6. The number of methoxy groups -OCH3 is 2. The first-order valence-corrected chi connectivity index (χ1v) is 6.35. The fourth-order valence-corrected chi connectivity index (χ4v) is 3.20. The lowest BCUT2D eigenvalue weighted by atomic mass is 9.91. The van der Waals surface area contributed by atoms with Crippen LogP contribution in [0.5, 0.6) is 11.5 Å². The van der Waals surface area contributed by atoms with E-state index < -0.39 is 0 Å². The van der Waals surface area contributed by atoms with Crippen molar-refractivity contribution < 1.29 is 14.2 Å². The van der Waals surface area contributed by atoms with Crippen molar-refractivity contribution in [1.82, 2.24) is 0 Å². The topological polar surface area (TPSA) is 27.7 Å². The Morgan fingerprint density at radius 1 is 0.842 bits per heavy atom. The Morgan fingerprint density at radius 3 is 1.74 bits per heavy atom. The van der Waals surface area contributed by atoms with E-state index in [0.29, 0.717) is 0 Å². The van der Waals surface area contributed by atoms with Gasteiger partial charge in [0, 0.05) is 21.9 Å². The highest BCUT2D eigenvalue weighted by Crippen LogP contribution is 2.56. The number of rotatable bonds is 2. The van der Waals surface area contributed by atoms with Crippen LogP contribution in [0.15, 0.2) is 36.4 Å². The van der Waals surface area contributed by atoms with E-state index in [2.05, 4.69) is 24.3 Å². The summed E-state index contributed by atoms with van der Waals surface area (Å²) in [4.78, 5) is 0. The van der Waals surface area contributed by atoms with Crippen LogP contribution in [0.4, 0.5) is 0 Å². The summed E-state index contributed by atoms with van der Waals surface area (Å²) in [5, 5.41) is 2.15. The maximum absolute atomic E-state index is 5.93. The Balaban J connectivity index is 2.18. The molecule has 0 N–H and O–H groups in total. The molecule has 3 heteroatoms. The molecule has 2 bridgehead atoms. The minimum atomic E-state index is -0.00606. The van der Waals surface area contributed by atoms with E-state index >= 15 is 0 Å². The molecule has 0 saturated carbocycles. The molecule has 2 aromatic rings. The minimum absolute atomic E-state index is 0.00606. The largest absolute Gasteiger partial charge is 0.496 e. The molecule has 2 aliphatic rings. The molecule has 0 aromatic heterocycles. The molecule has 0 spiro atoms. The van der Waals surface area contributed by atoms with Crippen LogP contribution in [0.25, 0.3) is 10.8 Å². The average Bonchev–Trinajstić information content (AvgIpc) is 3.06. The summed E-state index contributed by atoms with van der Waals surface area (Å²) in [5.41, 5.74) is 2.23. The summed E-state index contributed by atoms with van der Waals surface area (Å²) in [6, 6.07) is 8.15. The molecule has 2 atom stereocenters. The lowest BCUT2D eigenvalue weighted by molar-refractivity contribution is 0.0862. The third kappa shape index (κ3) is 1.25. The molecule has 3 nitrogen and oxygen atoms in total. The second-order valence-corrected chi connectivity index (χ2v) is 4.80. The van der Waals surface area contributed by atoms with Crippen molar-refractivity contribution in [3.8, 4) is 11.5 Å². The Hall–Kier alpha value is -2.00. The molecule has 2 heterocycles. The first kappa shape index (κ1) is 10.9. The number of ether oxygens (including phenoxy) is 3. The van der Waals surface area contributed by atoms with Crippen molar-refractivity contribution >= 4 is 10.8 Å². The number of hydrogen-bond acceptors (Lipinski definition) is 3. The molecule has 0 saturated heterocycles. The van der Waals surface area contributed by atoms with E-state index in [4.69, 9.17) is 14.2 Å². The van der Waals surface area contributed by atoms with Crippen LogP contribution in [0.1, 0.15) is 23.3 Å². The van der Waals surface area contributed by atoms with Crippen molar-refractivity contribution in [3.05, 3.63) is 47.5 Å². The van der Waals surface area contributed by atoms with Crippen LogP contribution < -0.4 is 9.47 Å². The van der Waals surface area contributed by atoms with Gasteiger partial charge >= 0.3 is 0 Å². The standard InChI is InChI=1S/C16H14O3/c1-17-15-9-5-3-4-6-10(9)16(18-2)14-12-8-7-11(19-12)13(14)15/h3-8,11-12H,1-2H3/t11-,12+. The van der Waals surface area contributed by atoms with Crippen molar-refractivity contribution in [2.75, 3.05) is 14.2 Å². The van der Waals surface area contributed by atoms with Gasteiger partial charge in [0.05, 0.1) is 14.2 Å². The van der Waals surface area contributed by atoms with Gasteiger partial charge in [0.15, 0.2) is 0 Å².